The van der Waals surface area contributed by atoms with Crippen LogP contribution in [0.1, 0.15) is 25.6 Å². The average molecular weight is 454 g/mol. The van der Waals surface area contributed by atoms with Gasteiger partial charge in [-0.05, 0) is 24.3 Å². The summed E-state index contributed by atoms with van der Waals surface area (Å²) in [4.78, 5) is 34.7. The first-order valence-corrected chi connectivity index (χ1v) is 9.56. The Labute approximate surface area is 177 Å². The molecule has 0 saturated carbocycles. The summed E-state index contributed by atoms with van der Waals surface area (Å²) in [5.74, 6) is -5.35. The van der Waals surface area contributed by atoms with E-state index in [1.54, 1.807) is 18.2 Å². The summed E-state index contributed by atoms with van der Waals surface area (Å²) >= 11 is 7.32. The molecule has 2 aromatic carbocycles. The zero-order valence-corrected chi connectivity index (χ0v) is 16.7. The molecule has 0 bridgehead atoms. The van der Waals surface area contributed by atoms with Gasteiger partial charge < -0.3 is 21.5 Å². The number of hydrogen-bond acceptors (Lipinski definition) is 5. The van der Waals surface area contributed by atoms with Crippen LogP contribution in [0.25, 0.3) is 10.1 Å². The van der Waals surface area contributed by atoms with Crippen LogP contribution < -0.4 is 21.5 Å². The standard InChI is InChI=1S/C19H14ClF2N3O4S/c20-10-2-1-3-13-15(10)9(17(30-13)19(28)25-6-14(23)26)7-29-16-11(21)4-8(18(24)27)5-12(16)22/h1-5H,6-7H2,(H2,23,26)(H2,24,27)(H,25,28). The second-order valence-electron chi connectivity index (χ2n) is 6.09. The van der Waals surface area contributed by atoms with Crippen molar-refractivity contribution in [3.63, 3.8) is 0 Å². The van der Waals surface area contributed by atoms with E-state index in [9.17, 15) is 23.2 Å². The fraction of sp³-hybridized carbons (Fsp3) is 0.105. The third kappa shape index (κ3) is 4.34. The minimum atomic E-state index is -1.13. The summed E-state index contributed by atoms with van der Waals surface area (Å²) in [7, 11) is 0. The molecule has 0 aliphatic heterocycles. The molecule has 7 nitrogen and oxygen atoms in total. The number of carbonyl (C=O) groups excluding carboxylic acids is 3. The van der Waals surface area contributed by atoms with Crippen LogP contribution in [0.5, 0.6) is 5.75 Å². The van der Waals surface area contributed by atoms with E-state index < -0.39 is 41.7 Å². The largest absolute Gasteiger partial charge is 0.483 e. The van der Waals surface area contributed by atoms with Gasteiger partial charge in [-0.25, -0.2) is 8.78 Å². The Kier molecular flexibility index (Phi) is 6.18. The number of fused-ring (bicyclic) bond motifs is 1. The lowest BCUT2D eigenvalue weighted by molar-refractivity contribution is -0.117. The Morgan fingerprint density at radius 2 is 1.80 bits per heavy atom. The van der Waals surface area contributed by atoms with Crippen molar-refractivity contribution in [2.45, 2.75) is 6.61 Å². The number of primary amides is 2. The summed E-state index contributed by atoms with van der Waals surface area (Å²) in [5, 5.41) is 3.14. The van der Waals surface area contributed by atoms with Crippen LogP contribution in [-0.2, 0) is 11.4 Å². The molecule has 0 aliphatic rings. The molecule has 11 heteroatoms. The van der Waals surface area contributed by atoms with Crippen molar-refractivity contribution < 1.29 is 27.9 Å². The van der Waals surface area contributed by atoms with Gasteiger partial charge in [0.15, 0.2) is 17.4 Å². The van der Waals surface area contributed by atoms with E-state index in [0.717, 1.165) is 23.5 Å². The first kappa shape index (κ1) is 21.5. The lowest BCUT2D eigenvalue weighted by atomic mass is 10.1. The quantitative estimate of drug-likeness (QED) is 0.508. The number of halogens is 3. The van der Waals surface area contributed by atoms with E-state index in [1.807, 2.05) is 0 Å². The molecule has 3 amide bonds. The molecule has 0 radical (unpaired) electrons. The molecular weight excluding hydrogens is 440 g/mol. The summed E-state index contributed by atoms with van der Waals surface area (Å²) in [5.41, 5.74) is 10.0. The predicted molar refractivity (Wildman–Crippen MR) is 108 cm³/mol. The smallest absolute Gasteiger partial charge is 0.262 e. The molecule has 30 heavy (non-hydrogen) atoms. The molecule has 0 spiro atoms. The van der Waals surface area contributed by atoms with Crippen LogP contribution in [0, 0.1) is 11.6 Å². The SMILES string of the molecule is NC(=O)CNC(=O)c1sc2cccc(Cl)c2c1COc1c(F)cc(C(N)=O)cc1F. The van der Waals surface area contributed by atoms with Crippen LogP contribution in [0.3, 0.4) is 0 Å². The van der Waals surface area contributed by atoms with Crippen LogP contribution in [-0.4, -0.2) is 24.3 Å². The molecule has 3 rings (SSSR count). The van der Waals surface area contributed by atoms with Gasteiger partial charge >= 0.3 is 0 Å². The Morgan fingerprint density at radius 3 is 2.40 bits per heavy atom. The number of rotatable bonds is 7. The first-order valence-electron chi connectivity index (χ1n) is 8.37. The number of hydrogen-bond donors (Lipinski definition) is 3. The van der Waals surface area contributed by atoms with Gasteiger partial charge in [0.25, 0.3) is 5.91 Å². The second kappa shape index (κ2) is 8.64. The van der Waals surface area contributed by atoms with Crippen molar-refractivity contribution >= 4 is 50.7 Å². The maximum atomic E-state index is 14.2. The number of nitrogens with two attached hydrogens (primary N) is 2. The predicted octanol–water partition coefficient (Wildman–Crippen LogP) is 2.73. The lowest BCUT2D eigenvalue weighted by Crippen LogP contribution is -2.33. The minimum Gasteiger partial charge on any atom is -0.483 e. The van der Waals surface area contributed by atoms with Gasteiger partial charge in [-0.2, -0.15) is 0 Å². The Hall–Kier alpha value is -3.24. The average Bonchev–Trinajstić information content (AvgIpc) is 3.05. The molecule has 1 aromatic heterocycles. The summed E-state index contributed by atoms with van der Waals surface area (Å²) in [6, 6.07) is 6.48. The molecule has 3 aromatic rings. The Balaban J connectivity index is 1.99. The van der Waals surface area contributed by atoms with Crippen LogP contribution in [0.4, 0.5) is 8.78 Å². The third-order valence-electron chi connectivity index (χ3n) is 4.04. The summed E-state index contributed by atoms with van der Waals surface area (Å²) < 4.78 is 34.4. The van der Waals surface area contributed by atoms with Gasteiger partial charge in [-0.15, -0.1) is 11.3 Å². The maximum Gasteiger partial charge on any atom is 0.262 e. The lowest BCUT2D eigenvalue weighted by Gasteiger charge is -2.11. The van der Waals surface area contributed by atoms with E-state index in [2.05, 4.69) is 5.32 Å². The molecule has 1 heterocycles. The zero-order valence-electron chi connectivity index (χ0n) is 15.1. The van der Waals surface area contributed by atoms with Crippen molar-refractivity contribution in [2.24, 2.45) is 11.5 Å². The van der Waals surface area contributed by atoms with Crippen LogP contribution in [0.2, 0.25) is 5.02 Å². The first-order chi connectivity index (χ1) is 14.2. The Bertz CT molecular complexity index is 1160. The highest BCUT2D eigenvalue weighted by Crippen LogP contribution is 2.37. The van der Waals surface area contributed by atoms with Gasteiger partial charge in [0.2, 0.25) is 11.8 Å². The van der Waals surface area contributed by atoms with E-state index in [-0.39, 0.29) is 22.5 Å². The van der Waals surface area contributed by atoms with E-state index in [0.29, 0.717) is 15.1 Å². The van der Waals surface area contributed by atoms with Crippen molar-refractivity contribution in [1.82, 2.24) is 5.32 Å². The molecular formula is C19H14ClF2N3O4S. The van der Waals surface area contributed by atoms with Crippen LogP contribution in [0.15, 0.2) is 30.3 Å². The number of amides is 3. The number of benzene rings is 2. The second-order valence-corrected chi connectivity index (χ2v) is 7.55. The fourth-order valence-electron chi connectivity index (χ4n) is 2.72. The van der Waals surface area contributed by atoms with Crippen molar-refractivity contribution in [3.8, 4) is 5.75 Å². The van der Waals surface area contributed by atoms with Crippen molar-refractivity contribution in [2.75, 3.05) is 6.54 Å². The molecule has 156 valence electrons. The third-order valence-corrected chi connectivity index (χ3v) is 5.55. The zero-order chi connectivity index (χ0) is 22.0. The van der Waals surface area contributed by atoms with Gasteiger partial charge in [0, 0.05) is 26.2 Å². The molecule has 0 aliphatic carbocycles. The highest BCUT2D eigenvalue weighted by atomic mass is 35.5. The fourth-order valence-corrected chi connectivity index (χ4v) is 4.22. The topological polar surface area (TPSA) is 125 Å². The monoisotopic (exact) mass is 453 g/mol. The number of nitrogens with one attached hydrogen (secondary N) is 1. The van der Waals surface area contributed by atoms with Gasteiger partial charge in [0.05, 0.1) is 11.4 Å². The van der Waals surface area contributed by atoms with Gasteiger partial charge in [0.1, 0.15) is 6.61 Å². The van der Waals surface area contributed by atoms with Crippen LogP contribution >= 0.6 is 22.9 Å². The minimum absolute atomic E-state index is 0.147. The van der Waals surface area contributed by atoms with Gasteiger partial charge in [-0.3, -0.25) is 14.4 Å². The number of carbonyl (C=O) groups is 3. The van der Waals surface area contributed by atoms with Gasteiger partial charge in [-0.1, -0.05) is 17.7 Å². The van der Waals surface area contributed by atoms with E-state index in [1.165, 1.54) is 0 Å². The van der Waals surface area contributed by atoms with Crippen molar-refractivity contribution in [1.29, 1.82) is 0 Å². The summed E-state index contributed by atoms with van der Waals surface area (Å²) in [6.07, 6.45) is 0. The summed E-state index contributed by atoms with van der Waals surface area (Å²) in [6.45, 7) is -0.800. The highest BCUT2D eigenvalue weighted by Gasteiger charge is 2.22. The molecule has 5 N–H and O–H groups in total. The number of ether oxygens (including phenoxy) is 1. The normalized spacial score (nSPS) is 10.8. The van der Waals surface area contributed by atoms with Crippen molar-refractivity contribution in [3.05, 3.63) is 63.0 Å². The molecule has 0 atom stereocenters. The molecule has 0 unspecified atom stereocenters. The molecule has 0 fully saturated rings. The Morgan fingerprint density at radius 1 is 1.13 bits per heavy atom. The maximum absolute atomic E-state index is 14.2. The highest BCUT2D eigenvalue weighted by molar-refractivity contribution is 7.21. The number of thiophene rings is 1. The molecule has 0 saturated heterocycles. The van der Waals surface area contributed by atoms with E-state index in [4.69, 9.17) is 27.8 Å². The van der Waals surface area contributed by atoms with E-state index >= 15 is 0 Å².